The Morgan fingerprint density at radius 2 is 1.92 bits per heavy atom. The fraction of sp³-hybridized carbons (Fsp3) is 0.353. The molecule has 1 atom stereocenters. The molecule has 6 nitrogen and oxygen atoms in total. The molecule has 0 fully saturated rings. The van der Waals surface area contributed by atoms with Gasteiger partial charge in [0.2, 0.25) is 11.5 Å². The van der Waals surface area contributed by atoms with E-state index in [9.17, 15) is 10.1 Å². The van der Waals surface area contributed by atoms with Gasteiger partial charge < -0.3 is 0 Å². The Morgan fingerprint density at radius 3 is 2.46 bits per heavy atom. The lowest BCUT2D eigenvalue weighted by Gasteiger charge is -2.27. The molecule has 24 heavy (non-hydrogen) atoms. The summed E-state index contributed by atoms with van der Waals surface area (Å²) in [6.45, 7) is 7.83. The number of nitrogens with one attached hydrogen (secondary N) is 1. The van der Waals surface area contributed by atoms with Crippen LogP contribution in [0.2, 0.25) is 5.02 Å². The Hall–Kier alpha value is -2.52. The number of ketones is 1. The van der Waals surface area contributed by atoms with E-state index in [0.717, 1.165) is 5.71 Å². The van der Waals surface area contributed by atoms with Gasteiger partial charge in [0.1, 0.15) is 11.8 Å². The zero-order valence-electron chi connectivity index (χ0n) is 14.0. The zero-order chi connectivity index (χ0) is 17.9. The second-order valence-electron chi connectivity index (χ2n) is 6.55. The van der Waals surface area contributed by atoms with Crippen molar-refractivity contribution in [1.82, 2.24) is 0 Å². The molecule has 1 aromatic carbocycles. The van der Waals surface area contributed by atoms with E-state index in [1.54, 1.807) is 24.3 Å². The van der Waals surface area contributed by atoms with Crippen LogP contribution in [0.3, 0.4) is 0 Å². The van der Waals surface area contributed by atoms with Crippen LogP contribution in [0, 0.1) is 22.7 Å². The molecule has 1 aliphatic rings. The number of benzene rings is 1. The van der Waals surface area contributed by atoms with Gasteiger partial charge in [-0.2, -0.15) is 20.6 Å². The molecule has 0 bridgehead atoms. The Labute approximate surface area is 145 Å². The summed E-state index contributed by atoms with van der Waals surface area (Å²) in [5.74, 6) is -0.751. The number of anilines is 1. The van der Waals surface area contributed by atoms with Crippen molar-refractivity contribution in [3.63, 3.8) is 0 Å². The van der Waals surface area contributed by atoms with E-state index in [2.05, 4.69) is 20.7 Å². The molecule has 0 spiro atoms. The van der Waals surface area contributed by atoms with Gasteiger partial charge in [-0.3, -0.25) is 10.2 Å². The van der Waals surface area contributed by atoms with Crippen molar-refractivity contribution in [3.05, 3.63) is 29.3 Å². The van der Waals surface area contributed by atoms with Crippen LogP contribution < -0.4 is 5.43 Å². The van der Waals surface area contributed by atoms with Gasteiger partial charge in [-0.05, 0) is 36.6 Å². The highest BCUT2D eigenvalue weighted by atomic mass is 35.5. The maximum absolute atomic E-state index is 12.6. The van der Waals surface area contributed by atoms with E-state index in [-0.39, 0.29) is 22.8 Å². The van der Waals surface area contributed by atoms with Gasteiger partial charge in [0.05, 0.1) is 11.6 Å². The smallest absolute Gasteiger partial charge is 0.240 e. The van der Waals surface area contributed by atoms with Crippen molar-refractivity contribution in [2.24, 2.45) is 26.6 Å². The summed E-state index contributed by atoms with van der Waals surface area (Å²) in [6.07, 6.45) is 0. The molecular formula is C17H18ClN5O. The summed E-state index contributed by atoms with van der Waals surface area (Å²) in [5.41, 5.74) is 3.82. The van der Waals surface area contributed by atoms with Crippen molar-refractivity contribution in [1.29, 1.82) is 5.26 Å². The largest absolute Gasteiger partial charge is 0.284 e. The number of rotatable bonds is 4. The first kappa shape index (κ1) is 17.8. The number of carbonyl (C=O) groups is 1. The summed E-state index contributed by atoms with van der Waals surface area (Å²) >= 11 is 5.81. The van der Waals surface area contributed by atoms with E-state index in [1.807, 2.05) is 33.8 Å². The lowest BCUT2D eigenvalue weighted by atomic mass is 9.74. The molecule has 7 heteroatoms. The highest BCUT2D eigenvalue weighted by Gasteiger charge is 2.39. The number of hydrogen-bond acceptors (Lipinski definition) is 6. The average Bonchev–Trinajstić information content (AvgIpc) is 2.91. The second-order valence-corrected chi connectivity index (χ2v) is 6.98. The lowest BCUT2D eigenvalue weighted by Crippen LogP contribution is -2.38. The molecule has 0 saturated carbocycles. The first-order chi connectivity index (χ1) is 11.2. The van der Waals surface area contributed by atoms with Crippen LogP contribution in [0.25, 0.3) is 0 Å². The van der Waals surface area contributed by atoms with Crippen molar-refractivity contribution < 1.29 is 4.79 Å². The minimum absolute atomic E-state index is 0.233. The van der Waals surface area contributed by atoms with Crippen LogP contribution in [-0.4, -0.2) is 22.9 Å². The summed E-state index contributed by atoms with van der Waals surface area (Å²) in [4.78, 5) is 12.6. The van der Waals surface area contributed by atoms with Crippen LogP contribution in [0.4, 0.5) is 5.69 Å². The molecule has 1 unspecified atom stereocenters. The number of nitrogens with zero attached hydrogens (tertiary/aromatic N) is 4. The zero-order valence-corrected chi connectivity index (χ0v) is 14.7. The molecule has 0 aromatic heterocycles. The minimum Gasteiger partial charge on any atom is -0.284 e. The molecular weight excluding hydrogens is 326 g/mol. The third-order valence-electron chi connectivity index (χ3n) is 3.57. The van der Waals surface area contributed by atoms with Gasteiger partial charge in [0, 0.05) is 10.7 Å². The fourth-order valence-corrected chi connectivity index (χ4v) is 2.68. The summed E-state index contributed by atoms with van der Waals surface area (Å²) < 4.78 is 0. The molecule has 0 saturated heterocycles. The summed E-state index contributed by atoms with van der Waals surface area (Å²) in [7, 11) is 0. The number of carbonyl (C=O) groups excluding carboxylic acids is 1. The SMILES string of the molecule is CC1=NN=C(C(=O)/C(C#N)=N/Nc2ccc(Cl)cc2)C1C(C)(C)C. The summed E-state index contributed by atoms with van der Waals surface area (Å²) in [6, 6.07) is 8.59. The van der Waals surface area contributed by atoms with E-state index < -0.39 is 5.78 Å². The third kappa shape index (κ3) is 3.87. The fourth-order valence-electron chi connectivity index (χ4n) is 2.55. The average molecular weight is 344 g/mol. The van der Waals surface area contributed by atoms with Gasteiger partial charge in [-0.15, -0.1) is 0 Å². The highest BCUT2D eigenvalue weighted by Crippen LogP contribution is 2.32. The summed E-state index contributed by atoms with van der Waals surface area (Å²) in [5, 5.41) is 21.8. The molecule has 1 N–H and O–H groups in total. The number of hydrogen-bond donors (Lipinski definition) is 1. The van der Waals surface area contributed by atoms with Gasteiger partial charge in [-0.1, -0.05) is 32.4 Å². The highest BCUT2D eigenvalue weighted by molar-refractivity contribution is 6.71. The maximum atomic E-state index is 12.6. The lowest BCUT2D eigenvalue weighted by molar-refractivity contribution is -0.107. The quantitative estimate of drug-likeness (QED) is 0.667. The monoisotopic (exact) mass is 343 g/mol. The Kier molecular flexibility index (Phi) is 5.15. The van der Waals surface area contributed by atoms with Crippen molar-refractivity contribution in [2.75, 3.05) is 5.43 Å². The molecule has 1 aliphatic heterocycles. The predicted molar refractivity (Wildman–Crippen MR) is 96.6 cm³/mol. The van der Waals surface area contributed by atoms with Crippen molar-refractivity contribution in [2.45, 2.75) is 27.7 Å². The van der Waals surface area contributed by atoms with Crippen molar-refractivity contribution in [3.8, 4) is 6.07 Å². The molecule has 1 heterocycles. The van der Waals surface area contributed by atoms with E-state index in [0.29, 0.717) is 10.7 Å². The van der Waals surface area contributed by atoms with Gasteiger partial charge in [0.25, 0.3) is 0 Å². The van der Waals surface area contributed by atoms with Crippen LogP contribution in [0.1, 0.15) is 27.7 Å². The van der Waals surface area contributed by atoms with E-state index in [1.165, 1.54) is 0 Å². The molecule has 0 radical (unpaired) electrons. The predicted octanol–water partition coefficient (Wildman–Crippen LogP) is 3.69. The molecule has 1 aromatic rings. The Balaban J connectivity index is 2.22. The molecule has 124 valence electrons. The maximum Gasteiger partial charge on any atom is 0.240 e. The number of halogens is 1. The van der Waals surface area contributed by atoms with Crippen LogP contribution in [0.15, 0.2) is 39.6 Å². The first-order valence-corrected chi connectivity index (χ1v) is 7.78. The van der Waals surface area contributed by atoms with Crippen LogP contribution >= 0.6 is 11.6 Å². The van der Waals surface area contributed by atoms with Crippen molar-refractivity contribution >= 4 is 40.2 Å². The molecule has 2 rings (SSSR count). The van der Waals surface area contributed by atoms with E-state index in [4.69, 9.17) is 11.6 Å². The van der Waals surface area contributed by atoms with Gasteiger partial charge >= 0.3 is 0 Å². The molecule has 0 aliphatic carbocycles. The molecule has 0 amide bonds. The van der Waals surface area contributed by atoms with Crippen LogP contribution in [0.5, 0.6) is 0 Å². The second kappa shape index (κ2) is 6.93. The number of Topliss-reactive ketones (excluding diaryl/α,β-unsaturated/α-hetero) is 1. The third-order valence-corrected chi connectivity index (χ3v) is 3.82. The minimum atomic E-state index is -0.514. The topological polar surface area (TPSA) is 90.0 Å². The van der Waals surface area contributed by atoms with Crippen LogP contribution in [-0.2, 0) is 4.79 Å². The van der Waals surface area contributed by atoms with E-state index >= 15 is 0 Å². The Bertz CT molecular complexity index is 779. The van der Waals surface area contributed by atoms with Gasteiger partial charge in [0.15, 0.2) is 0 Å². The number of hydrazone groups is 1. The Morgan fingerprint density at radius 1 is 1.29 bits per heavy atom. The normalized spacial score (nSPS) is 17.8. The van der Waals surface area contributed by atoms with Gasteiger partial charge in [-0.25, -0.2) is 0 Å². The first-order valence-electron chi connectivity index (χ1n) is 7.40. The standard InChI is InChI=1S/C17H18ClN5O/c1-10-14(17(2,3)4)15(23-20-10)16(24)13(9-19)22-21-12-7-5-11(18)6-8-12/h5-8,14,21H,1-4H3/b22-13+. The number of nitriles is 1.